The molecule has 1 aromatic rings. The van der Waals surface area contributed by atoms with Crippen LogP contribution in [0.2, 0.25) is 0 Å². The summed E-state index contributed by atoms with van der Waals surface area (Å²) in [6.45, 7) is 0. The average Bonchev–Trinajstić information content (AvgIpc) is 2.94. The maximum Gasteiger partial charge on any atom is 0.229 e. The van der Waals surface area contributed by atoms with Gasteiger partial charge < -0.3 is 14.2 Å². The van der Waals surface area contributed by atoms with Crippen LogP contribution in [0.4, 0.5) is 0 Å². The minimum absolute atomic E-state index is 0.134. The molecule has 4 unspecified atom stereocenters. The minimum atomic E-state index is -0.961. The number of rotatable bonds is 2. The molecule has 110 valence electrons. The molecule has 1 aromatic carbocycles. The van der Waals surface area contributed by atoms with Crippen LogP contribution in [-0.4, -0.2) is 31.2 Å². The molecule has 1 aliphatic heterocycles. The van der Waals surface area contributed by atoms with Gasteiger partial charge in [0.1, 0.15) is 0 Å². The summed E-state index contributed by atoms with van der Waals surface area (Å²) in [5, 5.41) is 0. The molecular formula is C17H18O4. The van der Waals surface area contributed by atoms with Gasteiger partial charge in [-0.3, -0.25) is 4.79 Å². The third-order valence-electron chi connectivity index (χ3n) is 6.34. The standard InChI is InChI=1S/C17H18O4/c1-19-17(20-2)13-6-4-3-5-12(13)14(18)15-10-7-8-11(9-10)16(15,17)21-15/h3-6,10-11H,7-9H2,1-2H3. The van der Waals surface area contributed by atoms with Crippen LogP contribution >= 0.6 is 0 Å². The van der Waals surface area contributed by atoms with Gasteiger partial charge >= 0.3 is 0 Å². The van der Waals surface area contributed by atoms with Crippen molar-refractivity contribution in [2.45, 2.75) is 36.3 Å². The van der Waals surface area contributed by atoms with Gasteiger partial charge in [0.25, 0.3) is 0 Å². The van der Waals surface area contributed by atoms with E-state index in [0.29, 0.717) is 17.4 Å². The van der Waals surface area contributed by atoms with Crippen molar-refractivity contribution in [3.05, 3.63) is 35.4 Å². The first-order valence-corrected chi connectivity index (χ1v) is 7.62. The summed E-state index contributed by atoms with van der Waals surface area (Å²) >= 11 is 0. The summed E-state index contributed by atoms with van der Waals surface area (Å²) in [6, 6.07) is 7.63. The van der Waals surface area contributed by atoms with E-state index in [1.165, 1.54) is 0 Å². The van der Waals surface area contributed by atoms with E-state index in [9.17, 15) is 4.79 Å². The van der Waals surface area contributed by atoms with Crippen LogP contribution in [0.25, 0.3) is 0 Å². The monoisotopic (exact) mass is 286 g/mol. The van der Waals surface area contributed by atoms with E-state index in [0.717, 1.165) is 24.8 Å². The second-order valence-electron chi connectivity index (χ2n) is 6.68. The molecule has 3 aliphatic carbocycles. The van der Waals surface area contributed by atoms with Gasteiger partial charge in [0, 0.05) is 25.3 Å². The van der Waals surface area contributed by atoms with E-state index in [1.807, 2.05) is 24.3 Å². The zero-order valence-corrected chi connectivity index (χ0v) is 12.2. The number of methoxy groups -OCH3 is 2. The molecule has 4 aliphatic rings. The fraction of sp³-hybridized carbons (Fsp3) is 0.588. The molecule has 1 heterocycles. The molecule has 0 spiro atoms. The van der Waals surface area contributed by atoms with Gasteiger partial charge in [0.05, 0.1) is 0 Å². The number of carbonyl (C=O) groups is 1. The normalized spacial score (nSPS) is 44.2. The highest BCUT2D eigenvalue weighted by Gasteiger charge is 2.94. The molecular weight excluding hydrogens is 268 g/mol. The van der Waals surface area contributed by atoms with Crippen LogP contribution in [0, 0.1) is 11.8 Å². The Kier molecular flexibility index (Phi) is 1.99. The number of ether oxygens (including phenoxy) is 3. The van der Waals surface area contributed by atoms with Crippen molar-refractivity contribution < 1.29 is 19.0 Å². The topological polar surface area (TPSA) is 48.1 Å². The lowest BCUT2D eigenvalue weighted by Gasteiger charge is -2.44. The molecule has 0 N–H and O–H groups in total. The molecule has 4 heteroatoms. The Labute approximate surface area is 123 Å². The number of fused-ring (bicyclic) bond motifs is 3. The molecule has 3 fully saturated rings. The SMILES string of the molecule is COC1(OC)c2ccccc2C(=O)C23OC12C1CCC3C1. The second-order valence-corrected chi connectivity index (χ2v) is 6.68. The smallest absolute Gasteiger partial charge is 0.229 e. The Balaban J connectivity index is 1.86. The number of hydrogen-bond donors (Lipinski definition) is 0. The van der Waals surface area contributed by atoms with Crippen molar-refractivity contribution >= 4 is 5.78 Å². The van der Waals surface area contributed by atoms with Crippen molar-refractivity contribution in [3.8, 4) is 0 Å². The number of carbonyl (C=O) groups excluding carboxylic acids is 1. The lowest BCUT2D eigenvalue weighted by atomic mass is 9.64. The predicted octanol–water partition coefficient (Wildman–Crippen LogP) is 2.27. The van der Waals surface area contributed by atoms with E-state index in [-0.39, 0.29) is 5.78 Å². The summed E-state index contributed by atoms with van der Waals surface area (Å²) in [4.78, 5) is 13.1. The van der Waals surface area contributed by atoms with E-state index in [1.54, 1.807) is 14.2 Å². The maximum atomic E-state index is 13.1. The van der Waals surface area contributed by atoms with Crippen molar-refractivity contribution in [2.75, 3.05) is 14.2 Å². The summed E-state index contributed by atoms with van der Waals surface area (Å²) in [7, 11) is 3.31. The second kappa shape index (κ2) is 3.40. The summed E-state index contributed by atoms with van der Waals surface area (Å²) in [6.07, 6.45) is 3.22. The van der Waals surface area contributed by atoms with Crippen molar-refractivity contribution in [1.82, 2.24) is 0 Å². The van der Waals surface area contributed by atoms with Gasteiger partial charge in [-0.1, -0.05) is 24.3 Å². The Morgan fingerprint density at radius 2 is 1.86 bits per heavy atom. The Hall–Kier alpha value is -1.23. The van der Waals surface area contributed by atoms with Gasteiger partial charge in [-0.2, -0.15) is 0 Å². The molecule has 4 atom stereocenters. The number of Topliss-reactive ketones (excluding diaryl/α,β-unsaturated/α-hetero) is 1. The van der Waals surface area contributed by atoms with Crippen LogP contribution in [0.15, 0.2) is 24.3 Å². The van der Waals surface area contributed by atoms with E-state index in [4.69, 9.17) is 14.2 Å². The Bertz CT molecular complexity index is 665. The fourth-order valence-corrected chi connectivity index (χ4v) is 5.68. The van der Waals surface area contributed by atoms with Gasteiger partial charge in [0.2, 0.25) is 5.79 Å². The van der Waals surface area contributed by atoms with Crippen molar-refractivity contribution in [1.29, 1.82) is 0 Å². The number of epoxide rings is 1. The predicted molar refractivity (Wildman–Crippen MR) is 73.8 cm³/mol. The van der Waals surface area contributed by atoms with Gasteiger partial charge in [-0.15, -0.1) is 0 Å². The zero-order valence-electron chi connectivity index (χ0n) is 12.2. The number of hydrogen-bond acceptors (Lipinski definition) is 4. The quantitative estimate of drug-likeness (QED) is 0.618. The average molecular weight is 286 g/mol. The third kappa shape index (κ3) is 0.944. The summed E-state index contributed by atoms with van der Waals surface area (Å²) in [5.41, 5.74) is 0.205. The third-order valence-corrected chi connectivity index (χ3v) is 6.34. The molecule has 4 nitrogen and oxygen atoms in total. The summed E-state index contributed by atoms with van der Waals surface area (Å²) in [5.74, 6) is -0.167. The molecule has 0 aromatic heterocycles. The van der Waals surface area contributed by atoms with Crippen LogP contribution in [0.3, 0.4) is 0 Å². The zero-order chi connectivity index (χ0) is 14.5. The first-order chi connectivity index (χ1) is 10.2. The molecule has 1 saturated heterocycles. The molecule has 2 bridgehead atoms. The summed E-state index contributed by atoms with van der Waals surface area (Å²) < 4.78 is 18.1. The molecule has 21 heavy (non-hydrogen) atoms. The molecule has 2 saturated carbocycles. The van der Waals surface area contributed by atoms with Crippen LogP contribution < -0.4 is 0 Å². The van der Waals surface area contributed by atoms with Crippen LogP contribution in [-0.2, 0) is 20.0 Å². The molecule has 0 amide bonds. The maximum absolute atomic E-state index is 13.1. The van der Waals surface area contributed by atoms with Gasteiger partial charge in [-0.05, 0) is 31.1 Å². The molecule has 0 radical (unpaired) electrons. The van der Waals surface area contributed by atoms with E-state index >= 15 is 0 Å². The van der Waals surface area contributed by atoms with E-state index in [2.05, 4.69) is 0 Å². The number of ketones is 1. The fourth-order valence-electron chi connectivity index (χ4n) is 5.68. The van der Waals surface area contributed by atoms with Crippen molar-refractivity contribution in [2.24, 2.45) is 11.8 Å². The minimum Gasteiger partial charge on any atom is -0.347 e. The first kappa shape index (κ1) is 12.3. The van der Waals surface area contributed by atoms with Crippen LogP contribution in [0.5, 0.6) is 0 Å². The van der Waals surface area contributed by atoms with E-state index < -0.39 is 17.0 Å². The number of benzene rings is 1. The highest BCUT2D eigenvalue weighted by Crippen LogP contribution is 2.79. The van der Waals surface area contributed by atoms with Crippen LogP contribution in [0.1, 0.15) is 35.2 Å². The Morgan fingerprint density at radius 1 is 1.14 bits per heavy atom. The van der Waals surface area contributed by atoms with Crippen molar-refractivity contribution in [3.63, 3.8) is 0 Å². The molecule has 5 rings (SSSR count). The largest absolute Gasteiger partial charge is 0.347 e. The Morgan fingerprint density at radius 3 is 2.62 bits per heavy atom. The first-order valence-electron chi connectivity index (χ1n) is 7.62. The highest BCUT2D eigenvalue weighted by molar-refractivity contribution is 6.09. The lowest BCUT2D eigenvalue weighted by molar-refractivity contribution is -0.266. The van der Waals surface area contributed by atoms with Gasteiger partial charge in [-0.25, -0.2) is 0 Å². The highest BCUT2D eigenvalue weighted by atomic mass is 16.8. The van der Waals surface area contributed by atoms with Gasteiger partial charge in [0.15, 0.2) is 17.0 Å². The lowest BCUT2D eigenvalue weighted by Crippen LogP contribution is -2.59.